The summed E-state index contributed by atoms with van der Waals surface area (Å²) in [7, 11) is 1.84. The Labute approximate surface area is 127 Å². The molecule has 2 atom stereocenters. The number of nitrogens with zero attached hydrogens (tertiary/aromatic N) is 2. The van der Waals surface area contributed by atoms with Crippen LogP contribution in [0, 0.1) is 11.8 Å². The predicted molar refractivity (Wildman–Crippen MR) is 87.4 cm³/mol. The summed E-state index contributed by atoms with van der Waals surface area (Å²) in [4.78, 5) is 6.74. The average molecular weight is 299 g/mol. The van der Waals surface area contributed by atoms with Gasteiger partial charge >= 0.3 is 0 Å². The molecule has 0 radical (unpaired) electrons. The summed E-state index contributed by atoms with van der Waals surface area (Å²) in [5.74, 6) is 4.43. The molecule has 20 heavy (non-hydrogen) atoms. The van der Waals surface area contributed by atoms with Crippen molar-refractivity contribution in [2.45, 2.75) is 38.7 Å². The van der Waals surface area contributed by atoms with Crippen molar-refractivity contribution in [1.82, 2.24) is 10.2 Å². The van der Waals surface area contributed by atoms with Gasteiger partial charge in [-0.05, 0) is 36.9 Å². The van der Waals surface area contributed by atoms with Gasteiger partial charge < -0.3 is 15.3 Å². The lowest BCUT2D eigenvalue weighted by atomic mass is 9.97. The molecular weight excluding hydrogens is 270 g/mol. The molecule has 0 aliphatic carbocycles. The van der Waals surface area contributed by atoms with E-state index in [-0.39, 0.29) is 0 Å². The highest BCUT2D eigenvalue weighted by atomic mass is 32.2. The molecule has 2 heterocycles. The fourth-order valence-electron chi connectivity index (χ4n) is 3.20. The monoisotopic (exact) mass is 299 g/mol. The second-order valence-corrected chi connectivity index (χ2v) is 7.76. The van der Waals surface area contributed by atoms with E-state index in [0.29, 0.717) is 6.54 Å². The minimum absolute atomic E-state index is 0.544. The SMILES string of the molecule is CN=C(NCC1(O)CCSC1)N1CCC(CC(C)C)C1. The Morgan fingerprint density at radius 1 is 1.55 bits per heavy atom. The first-order valence-corrected chi connectivity index (χ1v) is 8.93. The molecule has 2 rings (SSSR count). The van der Waals surface area contributed by atoms with Crippen LogP contribution in [0.15, 0.2) is 4.99 Å². The number of likely N-dealkylation sites (tertiary alicyclic amines) is 1. The van der Waals surface area contributed by atoms with Gasteiger partial charge in [-0.2, -0.15) is 11.8 Å². The minimum Gasteiger partial charge on any atom is -0.387 e. The summed E-state index contributed by atoms with van der Waals surface area (Å²) < 4.78 is 0. The lowest BCUT2D eigenvalue weighted by Crippen LogP contribution is -2.48. The number of thioether (sulfide) groups is 1. The number of hydrogen-bond acceptors (Lipinski definition) is 3. The third kappa shape index (κ3) is 4.29. The zero-order valence-electron chi connectivity index (χ0n) is 13.1. The van der Waals surface area contributed by atoms with Crippen LogP contribution in [0.25, 0.3) is 0 Å². The van der Waals surface area contributed by atoms with E-state index in [1.165, 1.54) is 12.8 Å². The summed E-state index contributed by atoms with van der Waals surface area (Å²) >= 11 is 1.84. The molecule has 2 fully saturated rings. The zero-order valence-corrected chi connectivity index (χ0v) is 13.9. The van der Waals surface area contributed by atoms with E-state index in [0.717, 1.165) is 48.8 Å². The molecule has 4 nitrogen and oxygen atoms in total. The maximum atomic E-state index is 10.4. The van der Waals surface area contributed by atoms with Gasteiger partial charge in [0.05, 0.1) is 5.60 Å². The Kier molecular flexibility index (Phi) is 5.61. The molecule has 0 aromatic heterocycles. The molecule has 2 aliphatic heterocycles. The second kappa shape index (κ2) is 7.03. The normalized spacial score (nSPS) is 31.4. The van der Waals surface area contributed by atoms with E-state index < -0.39 is 5.60 Å². The molecule has 0 aromatic rings. The molecule has 2 unspecified atom stereocenters. The Morgan fingerprint density at radius 3 is 2.95 bits per heavy atom. The van der Waals surface area contributed by atoms with Crippen LogP contribution < -0.4 is 5.32 Å². The molecule has 0 spiro atoms. The zero-order chi connectivity index (χ0) is 14.6. The summed E-state index contributed by atoms with van der Waals surface area (Å²) in [5, 5.41) is 13.8. The maximum Gasteiger partial charge on any atom is 0.193 e. The van der Waals surface area contributed by atoms with Crippen LogP contribution >= 0.6 is 11.8 Å². The summed E-state index contributed by atoms with van der Waals surface area (Å²) in [6.45, 7) is 7.40. The minimum atomic E-state index is -0.544. The van der Waals surface area contributed by atoms with Crippen LogP contribution in [0.3, 0.4) is 0 Å². The predicted octanol–water partition coefficient (Wildman–Crippen LogP) is 1.80. The van der Waals surface area contributed by atoms with E-state index >= 15 is 0 Å². The molecule has 0 saturated carbocycles. The van der Waals surface area contributed by atoms with E-state index in [9.17, 15) is 5.11 Å². The van der Waals surface area contributed by atoms with Crippen LogP contribution in [0.5, 0.6) is 0 Å². The van der Waals surface area contributed by atoms with Gasteiger partial charge in [0.2, 0.25) is 0 Å². The van der Waals surface area contributed by atoms with Crippen molar-refractivity contribution in [3.05, 3.63) is 0 Å². The van der Waals surface area contributed by atoms with E-state index in [4.69, 9.17) is 0 Å². The van der Waals surface area contributed by atoms with E-state index in [1.807, 2.05) is 18.8 Å². The average Bonchev–Trinajstić information content (AvgIpc) is 3.00. The first kappa shape index (κ1) is 16.0. The molecule has 2 N–H and O–H groups in total. The molecule has 116 valence electrons. The van der Waals surface area contributed by atoms with Crippen molar-refractivity contribution in [2.24, 2.45) is 16.8 Å². The number of nitrogens with one attached hydrogen (secondary N) is 1. The van der Waals surface area contributed by atoms with Gasteiger partial charge in [-0.25, -0.2) is 0 Å². The van der Waals surface area contributed by atoms with E-state index in [1.54, 1.807) is 0 Å². The topological polar surface area (TPSA) is 47.9 Å². The Balaban J connectivity index is 1.81. The van der Waals surface area contributed by atoms with Gasteiger partial charge in [-0.15, -0.1) is 0 Å². The number of rotatable bonds is 4. The Bertz CT molecular complexity index is 340. The van der Waals surface area contributed by atoms with Gasteiger partial charge in [-0.1, -0.05) is 13.8 Å². The maximum absolute atomic E-state index is 10.4. The van der Waals surface area contributed by atoms with Crippen molar-refractivity contribution < 1.29 is 5.11 Å². The number of hydrogen-bond donors (Lipinski definition) is 2. The highest BCUT2D eigenvalue weighted by molar-refractivity contribution is 7.99. The van der Waals surface area contributed by atoms with Gasteiger partial charge in [-0.3, -0.25) is 4.99 Å². The number of aliphatic imine (C=N–C) groups is 1. The molecule has 5 heteroatoms. The Hall–Kier alpha value is -0.420. The van der Waals surface area contributed by atoms with Crippen LogP contribution in [0.2, 0.25) is 0 Å². The molecule has 2 aliphatic rings. The molecular formula is C15H29N3OS. The van der Waals surface area contributed by atoms with Crippen molar-refractivity contribution >= 4 is 17.7 Å². The molecule has 2 saturated heterocycles. The fraction of sp³-hybridized carbons (Fsp3) is 0.933. The van der Waals surface area contributed by atoms with Crippen LogP contribution in [-0.4, -0.2) is 59.8 Å². The standard InChI is InChI=1S/C15H29N3OS/c1-12(2)8-13-4-6-18(9-13)14(16-3)17-10-15(19)5-7-20-11-15/h12-13,19H,4-11H2,1-3H3,(H,16,17). The van der Waals surface area contributed by atoms with Gasteiger partial charge in [0.15, 0.2) is 5.96 Å². The molecule has 0 aromatic carbocycles. The van der Waals surface area contributed by atoms with Gasteiger partial charge in [0, 0.05) is 32.4 Å². The lowest BCUT2D eigenvalue weighted by molar-refractivity contribution is 0.0718. The first-order valence-electron chi connectivity index (χ1n) is 7.78. The largest absolute Gasteiger partial charge is 0.387 e. The van der Waals surface area contributed by atoms with Crippen molar-refractivity contribution in [3.8, 4) is 0 Å². The first-order chi connectivity index (χ1) is 9.52. The van der Waals surface area contributed by atoms with Crippen LogP contribution in [0.4, 0.5) is 0 Å². The second-order valence-electron chi connectivity index (χ2n) is 6.66. The summed E-state index contributed by atoms with van der Waals surface area (Å²) in [5.41, 5.74) is -0.544. The number of guanidine groups is 1. The van der Waals surface area contributed by atoms with Crippen LogP contribution in [0.1, 0.15) is 33.1 Å². The van der Waals surface area contributed by atoms with Crippen molar-refractivity contribution in [1.29, 1.82) is 0 Å². The Morgan fingerprint density at radius 2 is 2.35 bits per heavy atom. The smallest absolute Gasteiger partial charge is 0.193 e. The van der Waals surface area contributed by atoms with Crippen molar-refractivity contribution in [3.63, 3.8) is 0 Å². The van der Waals surface area contributed by atoms with Gasteiger partial charge in [0.25, 0.3) is 0 Å². The highest BCUT2D eigenvalue weighted by Crippen LogP contribution is 2.27. The summed E-state index contributed by atoms with van der Waals surface area (Å²) in [6, 6.07) is 0. The summed E-state index contributed by atoms with van der Waals surface area (Å²) in [6.07, 6.45) is 3.45. The third-order valence-corrected chi connectivity index (χ3v) is 5.49. The fourth-order valence-corrected chi connectivity index (χ4v) is 4.49. The third-order valence-electron chi connectivity index (χ3n) is 4.26. The van der Waals surface area contributed by atoms with E-state index in [2.05, 4.69) is 29.1 Å². The highest BCUT2D eigenvalue weighted by Gasteiger charge is 2.33. The number of aliphatic hydroxyl groups is 1. The molecule has 0 amide bonds. The lowest BCUT2D eigenvalue weighted by Gasteiger charge is -2.27. The quantitative estimate of drug-likeness (QED) is 0.614. The van der Waals surface area contributed by atoms with Gasteiger partial charge in [0.1, 0.15) is 0 Å². The van der Waals surface area contributed by atoms with Crippen LogP contribution in [-0.2, 0) is 0 Å². The van der Waals surface area contributed by atoms with Crippen molar-refractivity contribution in [2.75, 3.05) is 38.2 Å². The molecule has 0 bridgehead atoms.